The summed E-state index contributed by atoms with van der Waals surface area (Å²) in [5.74, 6) is 0.924. The number of hydrogen-bond acceptors (Lipinski definition) is 1. The van der Waals surface area contributed by atoms with Crippen molar-refractivity contribution in [3.63, 3.8) is 0 Å². The van der Waals surface area contributed by atoms with E-state index in [0.717, 1.165) is 5.75 Å². The van der Waals surface area contributed by atoms with E-state index < -0.39 is 0 Å². The summed E-state index contributed by atoms with van der Waals surface area (Å²) < 4.78 is 5.33. The standard InChI is InChI=1S/C17H27O/c1-3-5-6-7-8-9-10-11-16-12-14-17(15-13-16)18-4-2/h12-15H,2-11H2,1H3. The quantitative estimate of drug-likeness (QED) is 0.517. The molecule has 1 aromatic carbocycles. The van der Waals surface area contributed by atoms with E-state index in [-0.39, 0.29) is 0 Å². The molecule has 0 unspecified atom stereocenters. The molecule has 0 heterocycles. The molecule has 0 N–H and O–H groups in total. The Bertz CT molecular complexity index is 289. The van der Waals surface area contributed by atoms with Crippen molar-refractivity contribution in [1.82, 2.24) is 0 Å². The molecule has 0 bridgehead atoms. The predicted octanol–water partition coefficient (Wildman–Crippen LogP) is 5.19. The maximum absolute atomic E-state index is 5.33. The van der Waals surface area contributed by atoms with Gasteiger partial charge in [0.25, 0.3) is 0 Å². The van der Waals surface area contributed by atoms with Crippen molar-refractivity contribution in [1.29, 1.82) is 0 Å². The summed E-state index contributed by atoms with van der Waals surface area (Å²) in [6.07, 6.45) is 10.8. The molecule has 0 saturated carbocycles. The molecule has 0 aliphatic heterocycles. The fourth-order valence-electron chi connectivity index (χ4n) is 2.16. The first-order valence-corrected chi connectivity index (χ1v) is 7.37. The molecule has 0 amide bonds. The van der Waals surface area contributed by atoms with Crippen molar-refractivity contribution < 1.29 is 4.74 Å². The Morgan fingerprint density at radius 1 is 0.889 bits per heavy atom. The van der Waals surface area contributed by atoms with Gasteiger partial charge in [0.2, 0.25) is 0 Å². The van der Waals surface area contributed by atoms with Crippen molar-refractivity contribution in [2.45, 2.75) is 58.3 Å². The van der Waals surface area contributed by atoms with E-state index in [0.29, 0.717) is 6.61 Å². The summed E-state index contributed by atoms with van der Waals surface area (Å²) in [6, 6.07) is 8.42. The molecule has 0 atom stereocenters. The summed E-state index contributed by atoms with van der Waals surface area (Å²) in [4.78, 5) is 0. The zero-order chi connectivity index (χ0) is 13.1. The highest BCUT2D eigenvalue weighted by Crippen LogP contribution is 2.15. The fraction of sp³-hybridized carbons (Fsp3) is 0.588. The molecule has 1 nitrogen and oxygen atoms in total. The third-order valence-electron chi connectivity index (χ3n) is 3.26. The predicted molar refractivity (Wildman–Crippen MR) is 79.0 cm³/mol. The lowest BCUT2D eigenvalue weighted by atomic mass is 10.0. The zero-order valence-electron chi connectivity index (χ0n) is 11.8. The van der Waals surface area contributed by atoms with Gasteiger partial charge in [0.1, 0.15) is 5.75 Å². The number of ether oxygens (including phenoxy) is 1. The van der Waals surface area contributed by atoms with Crippen LogP contribution in [0.2, 0.25) is 0 Å². The second-order valence-corrected chi connectivity index (χ2v) is 4.86. The van der Waals surface area contributed by atoms with Gasteiger partial charge in [0, 0.05) is 0 Å². The number of rotatable bonds is 10. The molecule has 1 radical (unpaired) electrons. The summed E-state index contributed by atoms with van der Waals surface area (Å²) in [5, 5.41) is 0. The Morgan fingerprint density at radius 2 is 1.50 bits per heavy atom. The van der Waals surface area contributed by atoms with E-state index in [4.69, 9.17) is 4.74 Å². The molecule has 0 saturated heterocycles. The van der Waals surface area contributed by atoms with Crippen LogP contribution >= 0.6 is 0 Å². The molecule has 0 aliphatic carbocycles. The van der Waals surface area contributed by atoms with Gasteiger partial charge >= 0.3 is 0 Å². The highest BCUT2D eigenvalue weighted by atomic mass is 16.5. The van der Waals surface area contributed by atoms with Crippen molar-refractivity contribution in [3.8, 4) is 5.75 Å². The fourth-order valence-corrected chi connectivity index (χ4v) is 2.16. The lowest BCUT2D eigenvalue weighted by molar-refractivity contribution is 0.361. The molecule has 0 aromatic heterocycles. The average molecular weight is 247 g/mol. The van der Waals surface area contributed by atoms with Crippen LogP contribution in [0.15, 0.2) is 24.3 Å². The Kier molecular flexibility index (Phi) is 8.37. The van der Waals surface area contributed by atoms with Crippen LogP contribution in [0.25, 0.3) is 0 Å². The smallest absolute Gasteiger partial charge is 0.119 e. The minimum Gasteiger partial charge on any atom is -0.494 e. The van der Waals surface area contributed by atoms with Gasteiger partial charge in [0.15, 0.2) is 0 Å². The van der Waals surface area contributed by atoms with E-state index in [2.05, 4.69) is 26.0 Å². The minimum atomic E-state index is 0.497. The molecule has 101 valence electrons. The minimum absolute atomic E-state index is 0.497. The lowest BCUT2D eigenvalue weighted by Gasteiger charge is -2.05. The van der Waals surface area contributed by atoms with Gasteiger partial charge in [-0.1, -0.05) is 57.6 Å². The Labute approximate surface area is 113 Å². The van der Waals surface area contributed by atoms with Crippen LogP contribution in [-0.2, 0) is 6.42 Å². The topological polar surface area (TPSA) is 9.23 Å². The van der Waals surface area contributed by atoms with Crippen LogP contribution in [-0.4, -0.2) is 6.61 Å². The second kappa shape index (κ2) is 9.99. The zero-order valence-corrected chi connectivity index (χ0v) is 11.8. The van der Waals surface area contributed by atoms with E-state index in [1.165, 1.54) is 56.9 Å². The summed E-state index contributed by atoms with van der Waals surface area (Å²) in [6.45, 7) is 6.44. The Morgan fingerprint density at radius 3 is 2.11 bits per heavy atom. The SMILES string of the molecule is [CH2]COc1ccc(CCCCCCCCC)cc1. The maximum atomic E-state index is 5.33. The lowest BCUT2D eigenvalue weighted by Crippen LogP contribution is -1.92. The summed E-state index contributed by atoms with van der Waals surface area (Å²) >= 11 is 0. The van der Waals surface area contributed by atoms with Gasteiger partial charge in [-0.15, -0.1) is 0 Å². The number of aryl methyl sites for hydroxylation is 1. The molecular formula is C17H27O. The van der Waals surface area contributed by atoms with Gasteiger partial charge in [-0.2, -0.15) is 0 Å². The van der Waals surface area contributed by atoms with Crippen LogP contribution in [0.1, 0.15) is 57.4 Å². The Balaban J connectivity index is 2.08. The second-order valence-electron chi connectivity index (χ2n) is 4.86. The molecular weight excluding hydrogens is 220 g/mol. The third kappa shape index (κ3) is 6.68. The van der Waals surface area contributed by atoms with Crippen LogP contribution in [0.3, 0.4) is 0 Å². The van der Waals surface area contributed by atoms with Gasteiger partial charge in [-0.05, 0) is 37.5 Å². The molecule has 1 heteroatoms. The first kappa shape index (κ1) is 15.1. The molecule has 0 fully saturated rings. The largest absolute Gasteiger partial charge is 0.494 e. The van der Waals surface area contributed by atoms with Gasteiger partial charge in [-0.3, -0.25) is 0 Å². The van der Waals surface area contributed by atoms with Crippen molar-refractivity contribution in [3.05, 3.63) is 36.8 Å². The van der Waals surface area contributed by atoms with Gasteiger partial charge < -0.3 is 4.74 Å². The van der Waals surface area contributed by atoms with Crippen molar-refractivity contribution in [2.24, 2.45) is 0 Å². The van der Waals surface area contributed by atoms with Crippen LogP contribution in [0.5, 0.6) is 5.75 Å². The van der Waals surface area contributed by atoms with Gasteiger partial charge in [0.05, 0.1) is 6.61 Å². The molecule has 1 rings (SSSR count). The van der Waals surface area contributed by atoms with Gasteiger partial charge in [-0.25, -0.2) is 0 Å². The first-order valence-electron chi connectivity index (χ1n) is 7.37. The van der Waals surface area contributed by atoms with Crippen LogP contribution in [0.4, 0.5) is 0 Å². The third-order valence-corrected chi connectivity index (χ3v) is 3.26. The van der Waals surface area contributed by atoms with E-state index in [1.807, 2.05) is 12.1 Å². The summed E-state index contributed by atoms with van der Waals surface area (Å²) in [5.41, 5.74) is 1.42. The number of benzene rings is 1. The molecule has 18 heavy (non-hydrogen) atoms. The number of unbranched alkanes of at least 4 members (excludes halogenated alkanes) is 6. The highest BCUT2D eigenvalue weighted by molar-refractivity contribution is 5.27. The average Bonchev–Trinajstić information content (AvgIpc) is 2.40. The normalized spacial score (nSPS) is 10.6. The van der Waals surface area contributed by atoms with E-state index in [9.17, 15) is 0 Å². The van der Waals surface area contributed by atoms with Crippen molar-refractivity contribution >= 4 is 0 Å². The van der Waals surface area contributed by atoms with Crippen LogP contribution < -0.4 is 4.74 Å². The first-order chi connectivity index (χ1) is 8.86. The number of hydrogen-bond donors (Lipinski definition) is 0. The van der Waals surface area contributed by atoms with E-state index >= 15 is 0 Å². The van der Waals surface area contributed by atoms with Crippen molar-refractivity contribution in [2.75, 3.05) is 6.61 Å². The molecule has 0 spiro atoms. The maximum Gasteiger partial charge on any atom is 0.119 e. The van der Waals surface area contributed by atoms with Crippen LogP contribution in [0, 0.1) is 6.92 Å². The highest BCUT2D eigenvalue weighted by Gasteiger charge is 1.96. The summed E-state index contributed by atoms with van der Waals surface area (Å²) in [7, 11) is 0. The van der Waals surface area contributed by atoms with E-state index in [1.54, 1.807) is 0 Å². The Hall–Kier alpha value is -0.980. The monoisotopic (exact) mass is 247 g/mol. The molecule has 0 aliphatic rings. The molecule has 1 aromatic rings.